The zero-order chi connectivity index (χ0) is 14.3. The summed E-state index contributed by atoms with van der Waals surface area (Å²) in [5, 5.41) is 6.35. The molecular formula is C14H12Cl2N2O2. The number of benzene rings is 1. The Morgan fingerprint density at radius 3 is 2.65 bits per heavy atom. The molecule has 1 aliphatic heterocycles. The lowest BCUT2D eigenvalue weighted by atomic mass is 9.85. The highest BCUT2D eigenvalue weighted by Crippen LogP contribution is 2.35. The number of carbonyl (C=O) groups excluding carboxylic acids is 2. The van der Waals surface area contributed by atoms with E-state index in [4.69, 9.17) is 23.2 Å². The highest BCUT2D eigenvalue weighted by Gasteiger charge is 2.34. The Kier molecular flexibility index (Phi) is 3.44. The van der Waals surface area contributed by atoms with E-state index in [2.05, 4.69) is 10.6 Å². The molecule has 0 radical (unpaired) electrons. The van der Waals surface area contributed by atoms with Gasteiger partial charge in [0, 0.05) is 17.7 Å². The van der Waals surface area contributed by atoms with Crippen LogP contribution in [-0.4, -0.2) is 11.8 Å². The molecule has 20 heavy (non-hydrogen) atoms. The molecule has 1 aromatic rings. The first-order valence-electron chi connectivity index (χ1n) is 6.35. The summed E-state index contributed by atoms with van der Waals surface area (Å²) in [4.78, 5) is 23.9. The third-order valence-corrected chi connectivity index (χ3v) is 4.30. The maximum Gasteiger partial charge on any atom is 0.319 e. The van der Waals surface area contributed by atoms with E-state index in [1.54, 1.807) is 18.2 Å². The van der Waals surface area contributed by atoms with Crippen LogP contribution in [0.2, 0.25) is 10.0 Å². The molecule has 104 valence electrons. The SMILES string of the molecule is O=C1NC2=C(C(=O)CCC2)C(c2ccc(Cl)c(Cl)c2)N1. The van der Waals surface area contributed by atoms with Gasteiger partial charge in [-0.3, -0.25) is 4.79 Å². The number of amides is 2. The number of hydrogen-bond donors (Lipinski definition) is 2. The minimum Gasteiger partial charge on any atom is -0.327 e. The summed E-state index contributed by atoms with van der Waals surface area (Å²) in [6.07, 6.45) is 1.99. The molecule has 2 N–H and O–H groups in total. The molecule has 0 bridgehead atoms. The molecule has 1 aliphatic carbocycles. The summed E-state index contributed by atoms with van der Waals surface area (Å²) in [6, 6.07) is 4.38. The van der Waals surface area contributed by atoms with Gasteiger partial charge in [-0.05, 0) is 30.5 Å². The van der Waals surface area contributed by atoms with Gasteiger partial charge < -0.3 is 10.6 Å². The minimum atomic E-state index is -0.457. The van der Waals surface area contributed by atoms with Crippen LogP contribution in [0.15, 0.2) is 29.5 Å². The van der Waals surface area contributed by atoms with Gasteiger partial charge in [-0.25, -0.2) is 4.79 Å². The number of hydrogen-bond acceptors (Lipinski definition) is 2. The first-order chi connectivity index (χ1) is 9.56. The first kappa shape index (κ1) is 13.5. The predicted octanol–water partition coefficient (Wildman–Crippen LogP) is 3.35. The second-order valence-corrected chi connectivity index (χ2v) is 5.69. The summed E-state index contributed by atoms with van der Waals surface area (Å²) < 4.78 is 0. The molecule has 0 saturated carbocycles. The number of rotatable bonds is 1. The minimum absolute atomic E-state index is 0.0647. The number of urea groups is 1. The van der Waals surface area contributed by atoms with Crippen LogP contribution >= 0.6 is 23.2 Å². The van der Waals surface area contributed by atoms with Crippen LogP contribution in [0.1, 0.15) is 30.9 Å². The summed E-state index contributed by atoms with van der Waals surface area (Å²) in [6.45, 7) is 0. The fourth-order valence-corrected chi connectivity index (χ4v) is 2.95. The van der Waals surface area contributed by atoms with E-state index in [1.807, 2.05) is 0 Å². The quantitative estimate of drug-likeness (QED) is 0.835. The van der Waals surface area contributed by atoms with E-state index in [9.17, 15) is 9.59 Å². The van der Waals surface area contributed by atoms with Gasteiger partial charge in [-0.1, -0.05) is 29.3 Å². The normalized spacial score (nSPS) is 22.2. The summed E-state index contributed by atoms with van der Waals surface area (Å²) in [5.74, 6) is 0.0647. The second-order valence-electron chi connectivity index (χ2n) is 4.87. The fourth-order valence-electron chi connectivity index (χ4n) is 2.65. The average molecular weight is 311 g/mol. The monoisotopic (exact) mass is 310 g/mol. The van der Waals surface area contributed by atoms with E-state index in [-0.39, 0.29) is 11.8 Å². The van der Waals surface area contributed by atoms with Crippen molar-refractivity contribution in [2.75, 3.05) is 0 Å². The van der Waals surface area contributed by atoms with Crippen LogP contribution in [0, 0.1) is 0 Å². The Morgan fingerprint density at radius 1 is 1.10 bits per heavy atom. The third-order valence-electron chi connectivity index (χ3n) is 3.56. The number of halogens is 2. The molecule has 1 atom stereocenters. The van der Waals surface area contributed by atoms with Crippen molar-refractivity contribution >= 4 is 35.0 Å². The molecule has 1 unspecified atom stereocenters. The van der Waals surface area contributed by atoms with Crippen LogP contribution in [-0.2, 0) is 4.79 Å². The van der Waals surface area contributed by atoms with E-state index in [1.165, 1.54) is 0 Å². The molecule has 4 nitrogen and oxygen atoms in total. The first-order valence-corrected chi connectivity index (χ1v) is 7.10. The summed E-state index contributed by atoms with van der Waals surface area (Å²) in [5.41, 5.74) is 2.12. The maximum atomic E-state index is 12.2. The predicted molar refractivity (Wildman–Crippen MR) is 76.8 cm³/mol. The standard InChI is InChI=1S/C14H12Cl2N2O2/c15-8-5-4-7(6-9(8)16)13-12-10(17-14(20)18-13)2-1-3-11(12)19/h4-6,13H,1-3H2,(H2,17,18,20). The number of ketones is 1. The number of nitrogens with one attached hydrogen (secondary N) is 2. The van der Waals surface area contributed by atoms with E-state index >= 15 is 0 Å². The van der Waals surface area contributed by atoms with Crippen molar-refractivity contribution in [2.24, 2.45) is 0 Å². The Hall–Kier alpha value is -1.52. The molecule has 3 rings (SSSR count). The van der Waals surface area contributed by atoms with Crippen molar-refractivity contribution in [1.82, 2.24) is 10.6 Å². The highest BCUT2D eigenvalue weighted by molar-refractivity contribution is 6.42. The summed E-state index contributed by atoms with van der Waals surface area (Å²) >= 11 is 11.9. The lowest BCUT2D eigenvalue weighted by Crippen LogP contribution is -2.46. The van der Waals surface area contributed by atoms with Gasteiger partial charge in [-0.15, -0.1) is 0 Å². The van der Waals surface area contributed by atoms with Crippen LogP contribution in [0.4, 0.5) is 4.79 Å². The van der Waals surface area contributed by atoms with Gasteiger partial charge in [0.1, 0.15) is 0 Å². The molecule has 0 aromatic heterocycles. The van der Waals surface area contributed by atoms with Crippen molar-refractivity contribution < 1.29 is 9.59 Å². The maximum absolute atomic E-state index is 12.2. The van der Waals surface area contributed by atoms with Crippen LogP contribution in [0.3, 0.4) is 0 Å². The van der Waals surface area contributed by atoms with Crippen molar-refractivity contribution in [3.05, 3.63) is 45.1 Å². The van der Waals surface area contributed by atoms with Gasteiger partial charge in [0.05, 0.1) is 16.1 Å². The zero-order valence-corrected chi connectivity index (χ0v) is 12.0. The zero-order valence-electron chi connectivity index (χ0n) is 10.5. The van der Waals surface area contributed by atoms with Crippen molar-refractivity contribution in [3.63, 3.8) is 0 Å². The van der Waals surface area contributed by atoms with Crippen molar-refractivity contribution in [2.45, 2.75) is 25.3 Å². The van der Waals surface area contributed by atoms with E-state index < -0.39 is 6.04 Å². The van der Waals surface area contributed by atoms with Gasteiger partial charge in [0.15, 0.2) is 5.78 Å². The number of Topliss-reactive ketones (excluding diaryl/α,β-unsaturated/α-hetero) is 1. The Balaban J connectivity index is 2.08. The van der Waals surface area contributed by atoms with Gasteiger partial charge in [0.25, 0.3) is 0 Å². The topological polar surface area (TPSA) is 58.2 Å². The highest BCUT2D eigenvalue weighted by atomic mass is 35.5. The molecule has 0 spiro atoms. The molecule has 0 fully saturated rings. The van der Waals surface area contributed by atoms with Gasteiger partial charge >= 0.3 is 6.03 Å². The molecule has 2 aliphatic rings. The second kappa shape index (κ2) is 5.11. The Labute approximate surface area is 126 Å². The van der Waals surface area contributed by atoms with Crippen LogP contribution < -0.4 is 10.6 Å². The van der Waals surface area contributed by atoms with E-state index in [0.29, 0.717) is 28.5 Å². The lowest BCUT2D eigenvalue weighted by molar-refractivity contribution is -0.116. The fraction of sp³-hybridized carbons (Fsp3) is 0.286. The number of allylic oxidation sites excluding steroid dienone is 1. The average Bonchev–Trinajstić information content (AvgIpc) is 2.41. The molecule has 0 saturated heterocycles. The molecule has 2 amide bonds. The van der Waals surface area contributed by atoms with Crippen LogP contribution in [0.5, 0.6) is 0 Å². The molecule has 1 aromatic carbocycles. The van der Waals surface area contributed by atoms with Gasteiger partial charge in [0.2, 0.25) is 0 Å². The molecular weight excluding hydrogens is 299 g/mol. The largest absolute Gasteiger partial charge is 0.327 e. The van der Waals surface area contributed by atoms with Gasteiger partial charge in [-0.2, -0.15) is 0 Å². The third kappa shape index (κ3) is 2.30. The van der Waals surface area contributed by atoms with Crippen molar-refractivity contribution in [3.8, 4) is 0 Å². The molecule has 1 heterocycles. The summed E-state index contributed by atoms with van der Waals surface area (Å²) in [7, 11) is 0. The Bertz CT molecular complexity index is 640. The lowest BCUT2D eigenvalue weighted by Gasteiger charge is -2.32. The van der Waals surface area contributed by atoms with E-state index in [0.717, 1.165) is 17.7 Å². The number of carbonyl (C=O) groups is 2. The smallest absolute Gasteiger partial charge is 0.319 e. The molecule has 6 heteroatoms. The van der Waals surface area contributed by atoms with Crippen LogP contribution in [0.25, 0.3) is 0 Å². The van der Waals surface area contributed by atoms with Crippen molar-refractivity contribution in [1.29, 1.82) is 0 Å². The Morgan fingerprint density at radius 2 is 1.90 bits per heavy atom.